The van der Waals surface area contributed by atoms with Gasteiger partial charge in [0.2, 0.25) is 0 Å². The van der Waals surface area contributed by atoms with Gasteiger partial charge in [-0.2, -0.15) is 0 Å². The summed E-state index contributed by atoms with van der Waals surface area (Å²) in [7, 11) is 4.00. The molecule has 15 heavy (non-hydrogen) atoms. The van der Waals surface area contributed by atoms with Gasteiger partial charge in [0.1, 0.15) is 0 Å². The lowest BCUT2D eigenvalue weighted by Gasteiger charge is -2.23. The number of anilines is 2. The fourth-order valence-corrected chi connectivity index (χ4v) is 2.69. The predicted octanol–water partition coefficient (Wildman–Crippen LogP) is 2.99. The topological polar surface area (TPSA) is 24.1 Å². The lowest BCUT2D eigenvalue weighted by atomic mass is 9.85. The molecule has 0 saturated carbocycles. The fraction of sp³-hybridized carbons (Fsp3) is 0.538. The van der Waals surface area contributed by atoms with Gasteiger partial charge in [-0.3, -0.25) is 0 Å². The summed E-state index contributed by atoms with van der Waals surface area (Å²) >= 11 is 0. The van der Waals surface area contributed by atoms with Crippen molar-refractivity contribution in [2.75, 3.05) is 24.7 Å². The number of rotatable bonds is 2. The fourth-order valence-electron chi connectivity index (χ4n) is 2.69. The molecule has 0 bridgehead atoms. The van der Waals surface area contributed by atoms with Gasteiger partial charge in [-0.15, -0.1) is 0 Å². The highest BCUT2D eigenvalue weighted by Gasteiger charge is 2.33. The van der Waals surface area contributed by atoms with Crippen molar-refractivity contribution >= 4 is 11.4 Å². The van der Waals surface area contributed by atoms with Crippen molar-refractivity contribution in [3.05, 3.63) is 23.3 Å². The molecule has 0 unspecified atom stereocenters. The zero-order valence-electron chi connectivity index (χ0n) is 10.1. The van der Waals surface area contributed by atoms with E-state index >= 15 is 0 Å². The standard InChI is InChI=1S/C13H20N2/c1-13(2)8-7-9-10(14-3)5-6-11(15-4)12(9)13/h5-6,14-15H,7-8H2,1-4H3. The van der Waals surface area contributed by atoms with Gasteiger partial charge in [-0.25, -0.2) is 0 Å². The monoisotopic (exact) mass is 204 g/mol. The van der Waals surface area contributed by atoms with E-state index in [0.29, 0.717) is 5.41 Å². The van der Waals surface area contributed by atoms with E-state index in [4.69, 9.17) is 0 Å². The Balaban J connectivity index is 2.63. The molecule has 82 valence electrons. The van der Waals surface area contributed by atoms with Crippen LogP contribution in [0.2, 0.25) is 0 Å². The Labute approximate surface area is 92.1 Å². The van der Waals surface area contributed by atoms with Crippen LogP contribution in [0.4, 0.5) is 11.4 Å². The molecular weight excluding hydrogens is 184 g/mol. The molecule has 0 heterocycles. The van der Waals surface area contributed by atoms with E-state index in [-0.39, 0.29) is 0 Å². The maximum absolute atomic E-state index is 3.31. The molecule has 0 amide bonds. The SMILES string of the molecule is CNc1ccc(NC)c2c1CCC2(C)C. The Morgan fingerprint density at radius 1 is 1.07 bits per heavy atom. The van der Waals surface area contributed by atoms with Crippen molar-refractivity contribution in [3.63, 3.8) is 0 Å². The smallest absolute Gasteiger partial charge is 0.0379 e. The normalized spacial score (nSPS) is 17.3. The Morgan fingerprint density at radius 3 is 2.27 bits per heavy atom. The molecule has 2 rings (SSSR count). The lowest BCUT2D eigenvalue weighted by molar-refractivity contribution is 0.523. The van der Waals surface area contributed by atoms with Gasteiger partial charge in [0, 0.05) is 25.5 Å². The molecule has 0 aromatic heterocycles. The second-order valence-corrected chi connectivity index (χ2v) is 4.90. The third kappa shape index (κ3) is 1.48. The average molecular weight is 204 g/mol. The maximum atomic E-state index is 3.31. The van der Waals surface area contributed by atoms with Crippen molar-refractivity contribution in [2.24, 2.45) is 0 Å². The van der Waals surface area contributed by atoms with Crippen LogP contribution in [0, 0.1) is 0 Å². The van der Waals surface area contributed by atoms with Gasteiger partial charge >= 0.3 is 0 Å². The maximum Gasteiger partial charge on any atom is 0.0379 e. The van der Waals surface area contributed by atoms with E-state index in [1.807, 2.05) is 14.1 Å². The molecule has 1 aromatic rings. The number of hydrogen-bond acceptors (Lipinski definition) is 2. The molecule has 2 heteroatoms. The summed E-state index contributed by atoms with van der Waals surface area (Å²) in [5.74, 6) is 0. The van der Waals surface area contributed by atoms with E-state index in [9.17, 15) is 0 Å². The van der Waals surface area contributed by atoms with Crippen LogP contribution in [-0.2, 0) is 11.8 Å². The molecule has 0 atom stereocenters. The average Bonchev–Trinajstić information content (AvgIpc) is 2.55. The number of hydrogen-bond donors (Lipinski definition) is 2. The van der Waals surface area contributed by atoms with Crippen LogP contribution in [0.5, 0.6) is 0 Å². The Bertz CT molecular complexity index is 380. The van der Waals surface area contributed by atoms with E-state index in [1.165, 1.54) is 35.3 Å². The molecule has 0 saturated heterocycles. The van der Waals surface area contributed by atoms with Crippen LogP contribution in [0.3, 0.4) is 0 Å². The first-order chi connectivity index (χ1) is 7.10. The second kappa shape index (κ2) is 3.44. The number of benzene rings is 1. The third-order valence-corrected chi connectivity index (χ3v) is 3.53. The minimum Gasteiger partial charge on any atom is -0.388 e. The van der Waals surface area contributed by atoms with Gasteiger partial charge in [-0.05, 0) is 41.5 Å². The second-order valence-electron chi connectivity index (χ2n) is 4.90. The molecule has 0 aliphatic heterocycles. The first kappa shape index (κ1) is 10.3. The van der Waals surface area contributed by atoms with Gasteiger partial charge in [0.05, 0.1) is 0 Å². The van der Waals surface area contributed by atoms with E-state index < -0.39 is 0 Å². The zero-order chi connectivity index (χ0) is 11.1. The molecule has 1 aliphatic rings. The summed E-state index contributed by atoms with van der Waals surface area (Å²) in [5.41, 5.74) is 5.87. The first-order valence-electron chi connectivity index (χ1n) is 5.62. The van der Waals surface area contributed by atoms with Crippen molar-refractivity contribution < 1.29 is 0 Å². The highest BCUT2D eigenvalue weighted by atomic mass is 14.9. The van der Waals surface area contributed by atoms with Crippen molar-refractivity contribution in [3.8, 4) is 0 Å². The number of fused-ring (bicyclic) bond motifs is 1. The predicted molar refractivity (Wildman–Crippen MR) is 66.9 cm³/mol. The lowest BCUT2D eigenvalue weighted by Crippen LogP contribution is -2.14. The minimum atomic E-state index is 0.306. The molecule has 1 aliphatic carbocycles. The Morgan fingerprint density at radius 2 is 1.67 bits per heavy atom. The molecule has 0 fully saturated rings. The molecule has 2 N–H and O–H groups in total. The van der Waals surface area contributed by atoms with Gasteiger partial charge < -0.3 is 10.6 Å². The highest BCUT2D eigenvalue weighted by molar-refractivity contribution is 5.69. The molecule has 0 spiro atoms. The van der Waals surface area contributed by atoms with Crippen molar-refractivity contribution in [1.29, 1.82) is 0 Å². The summed E-state index contributed by atoms with van der Waals surface area (Å²) < 4.78 is 0. The Hall–Kier alpha value is -1.18. The van der Waals surface area contributed by atoms with Crippen molar-refractivity contribution in [2.45, 2.75) is 32.1 Å². The van der Waals surface area contributed by atoms with E-state index in [2.05, 4.69) is 36.6 Å². The first-order valence-corrected chi connectivity index (χ1v) is 5.62. The minimum absolute atomic E-state index is 0.306. The van der Waals surface area contributed by atoms with Gasteiger partial charge in [-0.1, -0.05) is 13.8 Å². The summed E-state index contributed by atoms with van der Waals surface area (Å²) in [6.07, 6.45) is 2.43. The molecule has 0 radical (unpaired) electrons. The van der Waals surface area contributed by atoms with E-state index in [0.717, 1.165) is 0 Å². The highest BCUT2D eigenvalue weighted by Crippen LogP contribution is 2.45. The third-order valence-electron chi connectivity index (χ3n) is 3.53. The van der Waals surface area contributed by atoms with Crippen molar-refractivity contribution in [1.82, 2.24) is 0 Å². The zero-order valence-corrected chi connectivity index (χ0v) is 10.1. The van der Waals surface area contributed by atoms with E-state index in [1.54, 1.807) is 0 Å². The van der Waals surface area contributed by atoms with Crippen LogP contribution in [0.15, 0.2) is 12.1 Å². The Kier molecular flexibility index (Phi) is 2.37. The summed E-state index contributed by atoms with van der Waals surface area (Å²) in [5, 5.41) is 6.60. The van der Waals surface area contributed by atoms with Crippen LogP contribution < -0.4 is 10.6 Å². The van der Waals surface area contributed by atoms with Crippen LogP contribution in [-0.4, -0.2) is 14.1 Å². The number of nitrogens with one attached hydrogen (secondary N) is 2. The van der Waals surface area contributed by atoms with Crippen LogP contribution in [0.1, 0.15) is 31.4 Å². The molecule has 1 aromatic carbocycles. The molecular formula is C13H20N2. The summed E-state index contributed by atoms with van der Waals surface area (Å²) in [6, 6.07) is 4.35. The van der Waals surface area contributed by atoms with Crippen LogP contribution in [0.25, 0.3) is 0 Å². The van der Waals surface area contributed by atoms with Gasteiger partial charge in [0.15, 0.2) is 0 Å². The summed E-state index contributed by atoms with van der Waals surface area (Å²) in [6.45, 7) is 4.66. The molecule has 2 nitrogen and oxygen atoms in total. The largest absolute Gasteiger partial charge is 0.388 e. The quantitative estimate of drug-likeness (QED) is 0.774. The summed E-state index contributed by atoms with van der Waals surface area (Å²) in [4.78, 5) is 0. The van der Waals surface area contributed by atoms with Gasteiger partial charge in [0.25, 0.3) is 0 Å². The van der Waals surface area contributed by atoms with Crippen LogP contribution >= 0.6 is 0 Å².